The van der Waals surface area contributed by atoms with Crippen molar-refractivity contribution in [3.63, 3.8) is 0 Å². The molecule has 1 N–H and O–H groups in total. The zero-order chi connectivity index (χ0) is 10.3. The van der Waals surface area contributed by atoms with E-state index in [4.69, 9.17) is 0 Å². The summed E-state index contributed by atoms with van der Waals surface area (Å²) in [5.41, 5.74) is 0. The van der Waals surface area contributed by atoms with Crippen LogP contribution in [-0.4, -0.2) is 33.2 Å². The molecule has 0 fully saturated rings. The van der Waals surface area contributed by atoms with Gasteiger partial charge in [-0.2, -0.15) is 4.39 Å². The fourth-order valence-electron chi connectivity index (χ4n) is 0.647. The lowest BCUT2D eigenvalue weighted by Crippen LogP contribution is -2.10. The number of halogens is 2. The molecule has 1 heterocycles. The molecule has 0 radical (unpaired) electrons. The second-order valence-electron chi connectivity index (χ2n) is 2.71. The van der Waals surface area contributed by atoms with Crippen LogP contribution in [0.25, 0.3) is 0 Å². The number of nitrogens with zero attached hydrogens (tertiary/aromatic N) is 2. The highest BCUT2D eigenvalue weighted by Crippen LogP contribution is 2.05. The SMILES string of the molecule is CN(C)c1cccc(F)n1.CNC.Cl. The molecule has 1 aromatic heterocycles. The molecule has 0 aliphatic rings. The minimum Gasteiger partial charge on any atom is -0.363 e. The van der Waals surface area contributed by atoms with Crippen molar-refractivity contribution in [2.24, 2.45) is 0 Å². The van der Waals surface area contributed by atoms with Gasteiger partial charge in [-0.25, -0.2) is 4.98 Å². The summed E-state index contributed by atoms with van der Waals surface area (Å²) in [4.78, 5) is 5.38. The number of pyridine rings is 1. The summed E-state index contributed by atoms with van der Waals surface area (Å²) in [6, 6.07) is 4.72. The van der Waals surface area contributed by atoms with Gasteiger partial charge in [0.25, 0.3) is 0 Å². The number of rotatable bonds is 1. The number of aromatic nitrogens is 1. The Labute approximate surface area is 90.7 Å². The molecule has 14 heavy (non-hydrogen) atoms. The first kappa shape index (κ1) is 15.6. The molecular weight excluding hydrogens is 205 g/mol. The molecule has 5 heteroatoms. The van der Waals surface area contributed by atoms with Crippen molar-refractivity contribution < 1.29 is 4.39 Å². The van der Waals surface area contributed by atoms with Gasteiger partial charge in [-0.05, 0) is 26.2 Å². The third-order valence-electron chi connectivity index (χ3n) is 1.16. The predicted octanol–water partition coefficient (Wildman–Crippen LogP) is 1.54. The molecule has 0 saturated heterocycles. The smallest absolute Gasteiger partial charge is 0.214 e. The molecule has 0 saturated carbocycles. The van der Waals surface area contributed by atoms with Crippen LogP contribution >= 0.6 is 12.4 Å². The van der Waals surface area contributed by atoms with Crippen molar-refractivity contribution in [1.82, 2.24) is 10.3 Å². The van der Waals surface area contributed by atoms with E-state index in [-0.39, 0.29) is 12.4 Å². The van der Waals surface area contributed by atoms with Crippen molar-refractivity contribution in [1.29, 1.82) is 0 Å². The average molecular weight is 222 g/mol. The van der Waals surface area contributed by atoms with E-state index in [2.05, 4.69) is 10.3 Å². The van der Waals surface area contributed by atoms with E-state index in [0.29, 0.717) is 5.82 Å². The van der Waals surface area contributed by atoms with E-state index in [1.165, 1.54) is 6.07 Å². The first-order valence-electron chi connectivity index (χ1n) is 4.00. The van der Waals surface area contributed by atoms with Crippen molar-refractivity contribution in [3.8, 4) is 0 Å². The summed E-state index contributed by atoms with van der Waals surface area (Å²) in [6.45, 7) is 0. The lowest BCUT2D eigenvalue weighted by Gasteiger charge is -2.09. The van der Waals surface area contributed by atoms with Crippen molar-refractivity contribution >= 4 is 18.2 Å². The van der Waals surface area contributed by atoms with Gasteiger partial charge in [0, 0.05) is 14.1 Å². The molecule has 1 rings (SSSR count). The van der Waals surface area contributed by atoms with E-state index in [1.54, 1.807) is 17.0 Å². The number of nitrogens with one attached hydrogen (secondary N) is 1. The van der Waals surface area contributed by atoms with Crippen molar-refractivity contribution in [3.05, 3.63) is 24.1 Å². The van der Waals surface area contributed by atoms with Crippen LogP contribution in [-0.2, 0) is 0 Å². The molecule has 0 aromatic carbocycles. The van der Waals surface area contributed by atoms with Crippen LogP contribution in [0.4, 0.5) is 10.2 Å². The van der Waals surface area contributed by atoms with E-state index in [9.17, 15) is 4.39 Å². The zero-order valence-electron chi connectivity index (χ0n) is 8.91. The van der Waals surface area contributed by atoms with Gasteiger partial charge >= 0.3 is 0 Å². The molecule has 0 aliphatic carbocycles. The molecule has 82 valence electrons. The lowest BCUT2D eigenvalue weighted by atomic mass is 10.4. The minimum absolute atomic E-state index is 0. The maximum Gasteiger partial charge on any atom is 0.214 e. The van der Waals surface area contributed by atoms with Crippen LogP contribution in [0.1, 0.15) is 0 Å². The Balaban J connectivity index is 0. The first-order chi connectivity index (χ1) is 6.11. The molecule has 0 spiro atoms. The van der Waals surface area contributed by atoms with Crippen molar-refractivity contribution in [2.45, 2.75) is 0 Å². The molecule has 0 amide bonds. The lowest BCUT2D eigenvalue weighted by molar-refractivity contribution is 0.583. The maximum atomic E-state index is 12.4. The van der Waals surface area contributed by atoms with Gasteiger partial charge in [0.1, 0.15) is 5.82 Å². The fourth-order valence-corrected chi connectivity index (χ4v) is 0.647. The highest BCUT2D eigenvalue weighted by atomic mass is 35.5. The van der Waals surface area contributed by atoms with E-state index < -0.39 is 5.95 Å². The second kappa shape index (κ2) is 8.72. The topological polar surface area (TPSA) is 28.2 Å². The Bertz CT molecular complexity index is 243. The molecular formula is C9H17ClFN3. The summed E-state index contributed by atoms with van der Waals surface area (Å²) < 4.78 is 12.4. The van der Waals surface area contributed by atoms with E-state index in [1.807, 2.05) is 28.2 Å². The Morgan fingerprint density at radius 3 is 2.07 bits per heavy atom. The van der Waals surface area contributed by atoms with Gasteiger partial charge in [0.2, 0.25) is 5.95 Å². The number of hydrogen-bond acceptors (Lipinski definition) is 3. The summed E-state index contributed by atoms with van der Waals surface area (Å²) in [5.74, 6) is 0.200. The molecule has 0 unspecified atom stereocenters. The Kier molecular flexibility index (Phi) is 9.71. The Hall–Kier alpha value is -0.870. The van der Waals surface area contributed by atoms with Gasteiger partial charge < -0.3 is 10.2 Å². The van der Waals surface area contributed by atoms with E-state index in [0.717, 1.165) is 0 Å². The quantitative estimate of drug-likeness (QED) is 0.730. The maximum absolute atomic E-state index is 12.4. The van der Waals surface area contributed by atoms with Crippen LogP contribution in [0, 0.1) is 5.95 Å². The summed E-state index contributed by atoms with van der Waals surface area (Å²) in [7, 11) is 7.39. The predicted molar refractivity (Wildman–Crippen MR) is 60.8 cm³/mol. The largest absolute Gasteiger partial charge is 0.363 e. The highest BCUT2D eigenvalue weighted by molar-refractivity contribution is 5.85. The molecule has 0 atom stereocenters. The monoisotopic (exact) mass is 221 g/mol. The molecule has 0 aliphatic heterocycles. The van der Waals surface area contributed by atoms with Gasteiger partial charge in [-0.3, -0.25) is 0 Å². The van der Waals surface area contributed by atoms with Crippen molar-refractivity contribution in [2.75, 3.05) is 33.1 Å². The van der Waals surface area contributed by atoms with Crippen LogP contribution < -0.4 is 10.2 Å². The van der Waals surface area contributed by atoms with Gasteiger partial charge in [-0.15, -0.1) is 12.4 Å². The van der Waals surface area contributed by atoms with Gasteiger partial charge in [-0.1, -0.05) is 6.07 Å². The third kappa shape index (κ3) is 6.62. The van der Waals surface area contributed by atoms with Gasteiger partial charge in [0.05, 0.1) is 0 Å². The first-order valence-corrected chi connectivity index (χ1v) is 4.00. The fraction of sp³-hybridized carbons (Fsp3) is 0.444. The Morgan fingerprint density at radius 2 is 1.79 bits per heavy atom. The standard InChI is InChI=1S/C7H9FN2.C2H7N.ClH/c1-10(2)7-5-3-4-6(8)9-7;1-3-2;/h3-5H,1-2H3;3H,1-2H3;1H. The van der Waals surface area contributed by atoms with Crippen LogP contribution in [0.3, 0.4) is 0 Å². The Morgan fingerprint density at radius 1 is 1.29 bits per heavy atom. The molecule has 3 nitrogen and oxygen atoms in total. The second-order valence-corrected chi connectivity index (χ2v) is 2.71. The van der Waals surface area contributed by atoms with Crippen LogP contribution in [0.5, 0.6) is 0 Å². The van der Waals surface area contributed by atoms with Crippen LogP contribution in [0.15, 0.2) is 18.2 Å². The summed E-state index contributed by atoms with van der Waals surface area (Å²) >= 11 is 0. The zero-order valence-corrected chi connectivity index (χ0v) is 9.73. The summed E-state index contributed by atoms with van der Waals surface area (Å²) in [5, 5.41) is 2.75. The molecule has 1 aromatic rings. The van der Waals surface area contributed by atoms with Crippen LogP contribution in [0.2, 0.25) is 0 Å². The minimum atomic E-state index is -0.439. The van der Waals surface area contributed by atoms with E-state index >= 15 is 0 Å². The summed E-state index contributed by atoms with van der Waals surface area (Å²) in [6.07, 6.45) is 0. The number of anilines is 1. The highest BCUT2D eigenvalue weighted by Gasteiger charge is 1.95. The average Bonchev–Trinajstić information content (AvgIpc) is 2.05. The third-order valence-corrected chi connectivity index (χ3v) is 1.16. The van der Waals surface area contributed by atoms with Gasteiger partial charge in [0.15, 0.2) is 0 Å². The molecule has 0 bridgehead atoms. The number of hydrogen-bond donors (Lipinski definition) is 1. The normalized spacial score (nSPS) is 8.07.